The second-order valence-electron chi connectivity index (χ2n) is 4.79. The van der Waals surface area contributed by atoms with Crippen molar-refractivity contribution in [3.8, 4) is 0 Å². The standard InChI is InChI=1S/C10H22O2/c1-8(9(2)11)6-12-7-10(3,4)5/h8-9,11H,6-7H2,1-5H3. The van der Waals surface area contributed by atoms with Crippen molar-refractivity contribution in [2.75, 3.05) is 13.2 Å². The molecule has 0 aliphatic carbocycles. The van der Waals surface area contributed by atoms with Crippen molar-refractivity contribution >= 4 is 0 Å². The first kappa shape index (κ1) is 11.9. The Labute approximate surface area is 75.9 Å². The molecule has 2 nitrogen and oxygen atoms in total. The monoisotopic (exact) mass is 174 g/mol. The normalized spacial score (nSPS) is 17.5. The average molecular weight is 174 g/mol. The third kappa shape index (κ3) is 6.62. The molecule has 0 heterocycles. The highest BCUT2D eigenvalue weighted by Gasteiger charge is 2.13. The molecule has 0 aromatic carbocycles. The molecule has 0 rings (SSSR count). The van der Waals surface area contributed by atoms with E-state index >= 15 is 0 Å². The Morgan fingerprint density at radius 1 is 1.25 bits per heavy atom. The molecule has 0 spiro atoms. The van der Waals surface area contributed by atoms with E-state index in [1.165, 1.54) is 0 Å². The molecule has 0 amide bonds. The van der Waals surface area contributed by atoms with Crippen molar-refractivity contribution in [2.24, 2.45) is 11.3 Å². The van der Waals surface area contributed by atoms with E-state index in [9.17, 15) is 5.11 Å². The summed E-state index contributed by atoms with van der Waals surface area (Å²) in [5.74, 6) is 0.229. The number of hydrogen-bond acceptors (Lipinski definition) is 2. The highest BCUT2D eigenvalue weighted by atomic mass is 16.5. The van der Waals surface area contributed by atoms with Gasteiger partial charge in [0, 0.05) is 5.92 Å². The Morgan fingerprint density at radius 2 is 1.75 bits per heavy atom. The fourth-order valence-electron chi connectivity index (χ4n) is 0.690. The molecule has 0 aromatic rings. The van der Waals surface area contributed by atoms with E-state index in [0.29, 0.717) is 6.61 Å². The zero-order valence-corrected chi connectivity index (χ0v) is 8.92. The average Bonchev–Trinajstić information content (AvgIpc) is 1.84. The van der Waals surface area contributed by atoms with Gasteiger partial charge in [-0.2, -0.15) is 0 Å². The second kappa shape index (κ2) is 4.83. The number of rotatable bonds is 4. The highest BCUT2D eigenvalue weighted by molar-refractivity contribution is 4.61. The minimum Gasteiger partial charge on any atom is -0.393 e. The van der Waals surface area contributed by atoms with Gasteiger partial charge in [0.05, 0.1) is 19.3 Å². The van der Waals surface area contributed by atoms with Gasteiger partial charge in [-0.1, -0.05) is 27.7 Å². The fourth-order valence-corrected chi connectivity index (χ4v) is 0.690. The van der Waals surface area contributed by atoms with E-state index < -0.39 is 0 Å². The third-order valence-corrected chi connectivity index (χ3v) is 1.74. The summed E-state index contributed by atoms with van der Waals surface area (Å²) in [5, 5.41) is 9.17. The molecule has 0 radical (unpaired) electrons. The summed E-state index contributed by atoms with van der Waals surface area (Å²) >= 11 is 0. The second-order valence-corrected chi connectivity index (χ2v) is 4.79. The lowest BCUT2D eigenvalue weighted by Crippen LogP contribution is -2.22. The lowest BCUT2D eigenvalue weighted by molar-refractivity contribution is 0.0150. The molecule has 2 atom stereocenters. The van der Waals surface area contributed by atoms with Crippen LogP contribution in [-0.2, 0) is 4.74 Å². The van der Waals surface area contributed by atoms with Crippen LogP contribution in [0.15, 0.2) is 0 Å². The topological polar surface area (TPSA) is 29.5 Å². The molecule has 0 aliphatic heterocycles. The number of ether oxygens (including phenoxy) is 1. The highest BCUT2D eigenvalue weighted by Crippen LogP contribution is 2.14. The molecule has 0 saturated carbocycles. The van der Waals surface area contributed by atoms with E-state index in [-0.39, 0.29) is 17.4 Å². The molecule has 0 fully saturated rings. The molecule has 1 N–H and O–H groups in total. The van der Waals surface area contributed by atoms with E-state index in [0.717, 1.165) is 6.61 Å². The molecule has 2 unspecified atom stereocenters. The quantitative estimate of drug-likeness (QED) is 0.707. The van der Waals surface area contributed by atoms with Gasteiger partial charge in [-0.05, 0) is 12.3 Å². The Kier molecular flexibility index (Phi) is 4.80. The molecule has 0 aromatic heterocycles. The summed E-state index contributed by atoms with van der Waals surface area (Å²) in [7, 11) is 0. The van der Waals surface area contributed by atoms with Crippen LogP contribution in [0.1, 0.15) is 34.6 Å². The third-order valence-electron chi connectivity index (χ3n) is 1.74. The van der Waals surface area contributed by atoms with E-state index in [4.69, 9.17) is 4.74 Å². The summed E-state index contributed by atoms with van der Waals surface area (Å²) in [4.78, 5) is 0. The van der Waals surface area contributed by atoms with Gasteiger partial charge in [0.1, 0.15) is 0 Å². The summed E-state index contributed by atoms with van der Waals surface area (Å²) in [6.07, 6.45) is -0.273. The van der Waals surface area contributed by atoms with Crippen LogP contribution in [0.3, 0.4) is 0 Å². The van der Waals surface area contributed by atoms with Crippen LogP contribution >= 0.6 is 0 Å². The van der Waals surface area contributed by atoms with Crippen molar-refractivity contribution in [1.29, 1.82) is 0 Å². The van der Waals surface area contributed by atoms with Gasteiger partial charge >= 0.3 is 0 Å². The minimum absolute atomic E-state index is 0.221. The zero-order chi connectivity index (χ0) is 9.78. The number of aliphatic hydroxyl groups is 1. The first-order valence-electron chi connectivity index (χ1n) is 4.59. The van der Waals surface area contributed by atoms with Crippen molar-refractivity contribution in [3.63, 3.8) is 0 Å². The maximum absolute atomic E-state index is 9.17. The Morgan fingerprint density at radius 3 is 2.08 bits per heavy atom. The summed E-state index contributed by atoms with van der Waals surface area (Å²) in [6.45, 7) is 11.6. The van der Waals surface area contributed by atoms with Gasteiger partial charge in [-0.3, -0.25) is 0 Å². The molecule has 0 saturated heterocycles. The van der Waals surface area contributed by atoms with Gasteiger partial charge in [-0.15, -0.1) is 0 Å². The Hall–Kier alpha value is -0.0800. The minimum atomic E-state index is -0.273. The lowest BCUT2D eigenvalue weighted by Gasteiger charge is -2.21. The van der Waals surface area contributed by atoms with Gasteiger partial charge in [-0.25, -0.2) is 0 Å². The van der Waals surface area contributed by atoms with Crippen LogP contribution in [0, 0.1) is 11.3 Å². The molecule has 12 heavy (non-hydrogen) atoms. The first-order chi connectivity index (χ1) is 5.33. The van der Waals surface area contributed by atoms with Gasteiger partial charge in [0.2, 0.25) is 0 Å². The maximum Gasteiger partial charge on any atom is 0.0559 e. The Bertz CT molecular complexity index is 113. The van der Waals surface area contributed by atoms with Crippen molar-refractivity contribution in [3.05, 3.63) is 0 Å². The fraction of sp³-hybridized carbons (Fsp3) is 1.00. The van der Waals surface area contributed by atoms with Crippen LogP contribution in [0.5, 0.6) is 0 Å². The zero-order valence-electron chi connectivity index (χ0n) is 8.92. The first-order valence-corrected chi connectivity index (χ1v) is 4.59. The van der Waals surface area contributed by atoms with Crippen molar-refractivity contribution in [1.82, 2.24) is 0 Å². The summed E-state index contributed by atoms with van der Waals surface area (Å²) in [5.41, 5.74) is 0.221. The lowest BCUT2D eigenvalue weighted by atomic mass is 9.98. The molecule has 0 aliphatic rings. The number of aliphatic hydroxyl groups excluding tert-OH is 1. The smallest absolute Gasteiger partial charge is 0.0559 e. The summed E-state index contributed by atoms with van der Waals surface area (Å²) in [6, 6.07) is 0. The molecule has 0 bridgehead atoms. The van der Waals surface area contributed by atoms with Crippen LogP contribution in [-0.4, -0.2) is 24.4 Å². The summed E-state index contributed by atoms with van der Waals surface area (Å²) < 4.78 is 5.46. The maximum atomic E-state index is 9.17. The van der Waals surface area contributed by atoms with Crippen LogP contribution in [0.4, 0.5) is 0 Å². The van der Waals surface area contributed by atoms with Crippen LogP contribution in [0.2, 0.25) is 0 Å². The van der Waals surface area contributed by atoms with Crippen molar-refractivity contribution < 1.29 is 9.84 Å². The molecular weight excluding hydrogens is 152 g/mol. The SMILES string of the molecule is CC(O)C(C)COCC(C)(C)C. The van der Waals surface area contributed by atoms with Crippen LogP contribution < -0.4 is 0 Å². The van der Waals surface area contributed by atoms with Gasteiger partial charge < -0.3 is 9.84 Å². The van der Waals surface area contributed by atoms with E-state index in [1.54, 1.807) is 6.92 Å². The van der Waals surface area contributed by atoms with E-state index in [1.807, 2.05) is 6.92 Å². The number of hydrogen-bond donors (Lipinski definition) is 1. The van der Waals surface area contributed by atoms with Gasteiger partial charge in [0.15, 0.2) is 0 Å². The van der Waals surface area contributed by atoms with E-state index in [2.05, 4.69) is 20.8 Å². The molecular formula is C10H22O2. The molecule has 2 heteroatoms. The van der Waals surface area contributed by atoms with Crippen molar-refractivity contribution in [2.45, 2.75) is 40.7 Å². The predicted molar refractivity (Wildman–Crippen MR) is 51.1 cm³/mol. The largest absolute Gasteiger partial charge is 0.393 e. The predicted octanol–water partition coefficient (Wildman–Crippen LogP) is 2.07. The molecule has 74 valence electrons. The van der Waals surface area contributed by atoms with Crippen LogP contribution in [0.25, 0.3) is 0 Å². The van der Waals surface area contributed by atoms with Gasteiger partial charge in [0.25, 0.3) is 0 Å². The Balaban J connectivity index is 3.44.